The maximum atomic E-state index is 12.5. The number of rotatable bonds is 30. The van der Waals surface area contributed by atoms with Gasteiger partial charge in [0, 0.05) is 6.42 Å². The van der Waals surface area contributed by atoms with Gasteiger partial charge in [0.05, 0.1) is 25.4 Å². The van der Waals surface area contributed by atoms with Gasteiger partial charge in [0.1, 0.15) is 24.4 Å². The lowest BCUT2D eigenvalue weighted by molar-refractivity contribution is -0.302. The summed E-state index contributed by atoms with van der Waals surface area (Å²) in [5.74, 6) is -0.218. The van der Waals surface area contributed by atoms with Gasteiger partial charge < -0.3 is 40.3 Å². The molecule has 7 atom stereocenters. The first kappa shape index (κ1) is 44.4. The van der Waals surface area contributed by atoms with Gasteiger partial charge in [0.15, 0.2) is 6.29 Å². The maximum Gasteiger partial charge on any atom is 0.220 e. The molecule has 0 saturated carbocycles. The monoisotopic (exact) mass is 682 g/mol. The zero-order valence-electron chi connectivity index (χ0n) is 30.2. The van der Waals surface area contributed by atoms with E-state index in [-0.39, 0.29) is 12.5 Å². The van der Waals surface area contributed by atoms with Crippen molar-refractivity contribution in [1.29, 1.82) is 0 Å². The molecule has 0 spiro atoms. The van der Waals surface area contributed by atoms with Crippen molar-refractivity contribution in [1.82, 2.24) is 5.32 Å². The first-order valence-electron chi connectivity index (χ1n) is 19.2. The van der Waals surface area contributed by atoms with Crippen molar-refractivity contribution in [3.63, 3.8) is 0 Å². The normalized spacial score (nSPS) is 23.0. The number of nitrogens with one attached hydrogen (secondary N) is 1. The van der Waals surface area contributed by atoms with Crippen LogP contribution in [0, 0.1) is 0 Å². The van der Waals surface area contributed by atoms with Crippen molar-refractivity contribution < 1.29 is 39.8 Å². The van der Waals surface area contributed by atoms with Gasteiger partial charge in [-0.25, -0.2) is 0 Å². The van der Waals surface area contributed by atoms with E-state index in [9.17, 15) is 30.3 Å². The van der Waals surface area contributed by atoms with Crippen LogP contribution in [0.15, 0.2) is 36.5 Å². The molecule has 7 unspecified atom stereocenters. The minimum absolute atomic E-state index is 0.208. The molecule has 9 heteroatoms. The molecule has 1 rings (SSSR count). The van der Waals surface area contributed by atoms with Crippen LogP contribution in [-0.4, -0.2) is 87.5 Å². The second-order valence-electron chi connectivity index (χ2n) is 13.4. The van der Waals surface area contributed by atoms with Gasteiger partial charge in [0.2, 0.25) is 5.91 Å². The van der Waals surface area contributed by atoms with Crippen LogP contribution in [0.2, 0.25) is 0 Å². The topological polar surface area (TPSA) is 149 Å². The van der Waals surface area contributed by atoms with Crippen molar-refractivity contribution in [2.24, 2.45) is 0 Å². The zero-order chi connectivity index (χ0) is 35.2. The second kappa shape index (κ2) is 30.3. The van der Waals surface area contributed by atoms with Crippen LogP contribution in [-0.2, 0) is 14.3 Å². The third kappa shape index (κ3) is 21.5. The van der Waals surface area contributed by atoms with Gasteiger partial charge in [-0.2, -0.15) is 0 Å². The predicted octanol–water partition coefficient (Wildman–Crippen LogP) is 6.55. The number of amides is 1. The summed E-state index contributed by atoms with van der Waals surface area (Å²) in [4.78, 5) is 12.5. The van der Waals surface area contributed by atoms with Crippen LogP contribution in [0.5, 0.6) is 0 Å². The first-order valence-corrected chi connectivity index (χ1v) is 19.2. The fourth-order valence-corrected chi connectivity index (χ4v) is 5.77. The van der Waals surface area contributed by atoms with Gasteiger partial charge in [-0.1, -0.05) is 134 Å². The molecule has 0 radical (unpaired) electrons. The van der Waals surface area contributed by atoms with Crippen LogP contribution >= 0.6 is 0 Å². The molecule has 0 aliphatic carbocycles. The van der Waals surface area contributed by atoms with Crippen LogP contribution in [0.3, 0.4) is 0 Å². The van der Waals surface area contributed by atoms with Crippen molar-refractivity contribution in [2.75, 3.05) is 13.2 Å². The standard InChI is InChI=1S/C39H71NO8/c1-3-5-7-8-9-10-11-12-13-14-15-16-17-18-19-20-21-22-23-24-25-27-28-33(42)32(40-35(43)29-26-6-4-2)31-47-39-38(46)37(45)36(44)34(30-41)48-39/h18-19,22-23,27-28,32-34,36-39,41-42,44-46H,3-17,20-21,24-26,29-31H2,1-2H3,(H,40,43)/b19-18+,23-22+,28-27+. The van der Waals surface area contributed by atoms with Crippen LogP contribution in [0.1, 0.15) is 149 Å². The molecule has 48 heavy (non-hydrogen) atoms. The summed E-state index contributed by atoms with van der Waals surface area (Å²) in [6, 6.07) is -0.819. The Kier molecular flexibility index (Phi) is 28.0. The third-order valence-electron chi connectivity index (χ3n) is 8.95. The molecule has 9 nitrogen and oxygen atoms in total. The predicted molar refractivity (Wildman–Crippen MR) is 193 cm³/mol. The van der Waals surface area contributed by atoms with E-state index >= 15 is 0 Å². The minimum Gasteiger partial charge on any atom is -0.394 e. The molecular formula is C39H71NO8. The third-order valence-corrected chi connectivity index (χ3v) is 8.95. The highest BCUT2D eigenvalue weighted by Crippen LogP contribution is 2.22. The largest absolute Gasteiger partial charge is 0.394 e. The number of ether oxygens (including phenoxy) is 2. The first-order chi connectivity index (χ1) is 23.3. The summed E-state index contributed by atoms with van der Waals surface area (Å²) in [6.45, 7) is 3.55. The Hall–Kier alpha value is -1.59. The minimum atomic E-state index is -1.57. The van der Waals surface area contributed by atoms with Crippen molar-refractivity contribution in [2.45, 2.75) is 192 Å². The fourth-order valence-electron chi connectivity index (χ4n) is 5.77. The lowest BCUT2D eigenvalue weighted by Crippen LogP contribution is -2.60. The van der Waals surface area contributed by atoms with E-state index in [1.165, 1.54) is 83.5 Å². The van der Waals surface area contributed by atoms with Crippen molar-refractivity contribution in [3.05, 3.63) is 36.5 Å². The summed E-state index contributed by atoms with van der Waals surface area (Å²) in [6.07, 6.45) is 28.6. The van der Waals surface area contributed by atoms with Gasteiger partial charge in [0.25, 0.3) is 0 Å². The van der Waals surface area contributed by atoms with Crippen LogP contribution in [0.4, 0.5) is 0 Å². The van der Waals surface area contributed by atoms with E-state index in [0.29, 0.717) is 6.42 Å². The molecule has 0 aromatic heterocycles. The molecule has 0 bridgehead atoms. The number of carbonyl (C=O) groups is 1. The molecule has 1 aliphatic heterocycles. The number of allylic oxidation sites excluding steroid dienone is 5. The zero-order valence-corrected chi connectivity index (χ0v) is 30.2. The quantitative estimate of drug-likeness (QED) is 0.0370. The SMILES string of the molecule is CCCCCCCCCCCCCC/C=C/CC/C=C/CC/C=C/C(O)C(COC1OC(CO)C(O)C(O)C1O)NC(=O)CCCCC. The van der Waals surface area contributed by atoms with Gasteiger partial charge in [-0.3, -0.25) is 4.79 Å². The maximum absolute atomic E-state index is 12.5. The van der Waals surface area contributed by atoms with Crippen molar-refractivity contribution >= 4 is 5.91 Å². The Morgan fingerprint density at radius 1 is 0.688 bits per heavy atom. The smallest absolute Gasteiger partial charge is 0.220 e. The van der Waals surface area contributed by atoms with Gasteiger partial charge >= 0.3 is 0 Å². The Morgan fingerprint density at radius 2 is 1.19 bits per heavy atom. The molecule has 6 N–H and O–H groups in total. The molecule has 1 aliphatic rings. The Bertz CT molecular complexity index is 848. The molecule has 1 saturated heterocycles. The number of aliphatic hydroxyl groups is 5. The van der Waals surface area contributed by atoms with E-state index in [1.807, 2.05) is 6.08 Å². The lowest BCUT2D eigenvalue weighted by atomic mass is 9.99. The highest BCUT2D eigenvalue weighted by Gasteiger charge is 2.44. The van der Waals surface area contributed by atoms with Gasteiger partial charge in [-0.05, 0) is 44.9 Å². The fraction of sp³-hybridized carbons (Fsp3) is 0.821. The molecule has 1 amide bonds. The average Bonchev–Trinajstić information content (AvgIpc) is 3.08. The van der Waals surface area contributed by atoms with E-state index in [2.05, 4.69) is 43.5 Å². The summed E-state index contributed by atoms with van der Waals surface area (Å²) in [5, 5.41) is 53.4. The molecule has 0 aromatic rings. The molecule has 0 aromatic carbocycles. The Morgan fingerprint density at radius 3 is 1.75 bits per heavy atom. The number of aliphatic hydroxyl groups excluding tert-OH is 5. The number of hydrogen-bond acceptors (Lipinski definition) is 8. The summed E-state index contributed by atoms with van der Waals surface area (Å²) in [7, 11) is 0. The van der Waals surface area contributed by atoms with E-state index in [4.69, 9.17) is 9.47 Å². The molecule has 1 heterocycles. The van der Waals surface area contributed by atoms with E-state index < -0.39 is 49.5 Å². The van der Waals surface area contributed by atoms with E-state index in [0.717, 1.165) is 44.9 Å². The number of hydrogen-bond donors (Lipinski definition) is 6. The average molecular weight is 682 g/mol. The Labute approximate surface area is 291 Å². The number of unbranched alkanes of at least 4 members (excludes halogenated alkanes) is 16. The van der Waals surface area contributed by atoms with Crippen LogP contribution < -0.4 is 5.32 Å². The summed E-state index contributed by atoms with van der Waals surface area (Å²) in [5.41, 5.74) is 0. The molecular weight excluding hydrogens is 610 g/mol. The highest BCUT2D eigenvalue weighted by molar-refractivity contribution is 5.76. The highest BCUT2D eigenvalue weighted by atomic mass is 16.7. The Balaban J connectivity index is 2.28. The van der Waals surface area contributed by atoms with Crippen molar-refractivity contribution in [3.8, 4) is 0 Å². The van der Waals surface area contributed by atoms with Gasteiger partial charge in [-0.15, -0.1) is 0 Å². The lowest BCUT2D eigenvalue weighted by Gasteiger charge is -2.40. The van der Waals surface area contributed by atoms with Crippen LogP contribution in [0.25, 0.3) is 0 Å². The molecule has 280 valence electrons. The molecule has 1 fully saturated rings. The van der Waals surface area contributed by atoms with E-state index in [1.54, 1.807) is 6.08 Å². The number of carbonyl (C=O) groups excluding carboxylic acids is 1. The summed E-state index contributed by atoms with van der Waals surface area (Å²) < 4.78 is 11.0. The summed E-state index contributed by atoms with van der Waals surface area (Å²) >= 11 is 0. The second-order valence-corrected chi connectivity index (χ2v) is 13.4.